The van der Waals surface area contributed by atoms with Gasteiger partial charge in [0.1, 0.15) is 0 Å². The number of amides is 2. The van der Waals surface area contributed by atoms with E-state index in [4.69, 9.17) is 4.74 Å². The number of piperazine rings is 1. The van der Waals surface area contributed by atoms with Gasteiger partial charge in [-0.05, 0) is 27.3 Å². The van der Waals surface area contributed by atoms with Crippen molar-refractivity contribution >= 4 is 11.8 Å². The van der Waals surface area contributed by atoms with E-state index in [9.17, 15) is 9.59 Å². The van der Waals surface area contributed by atoms with Crippen LogP contribution in [0.2, 0.25) is 0 Å². The SMILES string of the molecule is CCOCCC(=O)N1CCCN(C(=O)C(C)N2CCN(C)CC2)CC1. The average Bonchev–Trinajstić information content (AvgIpc) is 2.87. The zero-order valence-electron chi connectivity index (χ0n) is 16.1. The van der Waals surface area contributed by atoms with E-state index in [-0.39, 0.29) is 17.9 Å². The maximum atomic E-state index is 12.9. The highest BCUT2D eigenvalue weighted by Gasteiger charge is 2.29. The molecule has 2 fully saturated rings. The molecule has 2 saturated heterocycles. The van der Waals surface area contributed by atoms with Gasteiger partial charge in [-0.15, -0.1) is 0 Å². The van der Waals surface area contributed by atoms with Crippen LogP contribution in [0.3, 0.4) is 0 Å². The zero-order chi connectivity index (χ0) is 18.2. The summed E-state index contributed by atoms with van der Waals surface area (Å²) < 4.78 is 5.27. The Morgan fingerprint density at radius 1 is 0.960 bits per heavy atom. The third kappa shape index (κ3) is 5.94. The second-order valence-corrected chi connectivity index (χ2v) is 7.02. The molecule has 0 radical (unpaired) electrons. The molecule has 0 saturated carbocycles. The predicted molar refractivity (Wildman–Crippen MR) is 97.4 cm³/mol. The molecule has 2 amide bonds. The summed E-state index contributed by atoms with van der Waals surface area (Å²) in [7, 11) is 2.12. The van der Waals surface area contributed by atoms with Crippen LogP contribution in [0.15, 0.2) is 0 Å². The Bertz CT molecular complexity index is 438. The van der Waals surface area contributed by atoms with Gasteiger partial charge >= 0.3 is 0 Å². The largest absolute Gasteiger partial charge is 0.381 e. The summed E-state index contributed by atoms with van der Waals surface area (Å²) in [6.45, 7) is 11.7. The molecule has 0 aromatic carbocycles. The van der Waals surface area contributed by atoms with Gasteiger partial charge in [0, 0.05) is 59.0 Å². The molecule has 2 aliphatic rings. The summed E-state index contributed by atoms with van der Waals surface area (Å²) in [6.07, 6.45) is 1.28. The van der Waals surface area contributed by atoms with E-state index in [0.717, 1.165) is 45.7 Å². The van der Waals surface area contributed by atoms with E-state index in [2.05, 4.69) is 16.8 Å². The number of rotatable bonds is 6. The van der Waals surface area contributed by atoms with Crippen molar-refractivity contribution in [3.8, 4) is 0 Å². The molecule has 7 heteroatoms. The van der Waals surface area contributed by atoms with E-state index in [0.29, 0.717) is 32.7 Å². The van der Waals surface area contributed by atoms with Crippen LogP contribution in [0.25, 0.3) is 0 Å². The molecule has 2 rings (SSSR count). The molecular weight excluding hydrogens is 320 g/mol. The molecule has 25 heavy (non-hydrogen) atoms. The number of carbonyl (C=O) groups excluding carboxylic acids is 2. The maximum Gasteiger partial charge on any atom is 0.239 e. The lowest BCUT2D eigenvalue weighted by molar-refractivity contribution is -0.138. The van der Waals surface area contributed by atoms with Crippen molar-refractivity contribution in [1.29, 1.82) is 0 Å². The second kappa shape index (κ2) is 10.1. The molecule has 1 unspecified atom stereocenters. The van der Waals surface area contributed by atoms with Crippen molar-refractivity contribution in [3.05, 3.63) is 0 Å². The highest BCUT2D eigenvalue weighted by Crippen LogP contribution is 2.11. The molecule has 0 spiro atoms. The minimum atomic E-state index is -0.0751. The van der Waals surface area contributed by atoms with Crippen molar-refractivity contribution in [1.82, 2.24) is 19.6 Å². The Morgan fingerprint density at radius 2 is 1.60 bits per heavy atom. The first kappa shape index (κ1) is 20.1. The van der Waals surface area contributed by atoms with Gasteiger partial charge in [-0.1, -0.05) is 0 Å². The number of hydrogen-bond acceptors (Lipinski definition) is 5. The lowest BCUT2D eigenvalue weighted by Gasteiger charge is -2.37. The van der Waals surface area contributed by atoms with Crippen LogP contribution < -0.4 is 0 Å². The van der Waals surface area contributed by atoms with Gasteiger partial charge in [0.15, 0.2) is 0 Å². The van der Waals surface area contributed by atoms with E-state index in [1.807, 2.05) is 23.6 Å². The number of hydrogen-bond donors (Lipinski definition) is 0. The number of likely N-dealkylation sites (N-methyl/N-ethyl adjacent to an activating group) is 1. The topological polar surface area (TPSA) is 56.3 Å². The molecule has 0 aromatic rings. The Hall–Kier alpha value is -1.18. The first-order valence-electron chi connectivity index (χ1n) is 9.59. The Morgan fingerprint density at radius 3 is 2.28 bits per heavy atom. The number of carbonyl (C=O) groups is 2. The van der Waals surface area contributed by atoms with Gasteiger partial charge < -0.3 is 19.4 Å². The van der Waals surface area contributed by atoms with Gasteiger partial charge in [-0.25, -0.2) is 0 Å². The summed E-state index contributed by atoms with van der Waals surface area (Å²) in [5.74, 6) is 0.336. The Labute approximate surface area is 151 Å². The van der Waals surface area contributed by atoms with Gasteiger partial charge in [-0.3, -0.25) is 14.5 Å². The molecule has 0 aromatic heterocycles. The lowest BCUT2D eigenvalue weighted by atomic mass is 10.2. The Balaban J connectivity index is 1.81. The highest BCUT2D eigenvalue weighted by atomic mass is 16.5. The van der Waals surface area contributed by atoms with Crippen molar-refractivity contribution in [2.24, 2.45) is 0 Å². The highest BCUT2D eigenvalue weighted by molar-refractivity contribution is 5.82. The molecule has 144 valence electrons. The van der Waals surface area contributed by atoms with Crippen LogP contribution in [0.5, 0.6) is 0 Å². The summed E-state index contributed by atoms with van der Waals surface area (Å²) in [4.78, 5) is 33.5. The summed E-state index contributed by atoms with van der Waals surface area (Å²) in [5.41, 5.74) is 0. The Kier molecular flexibility index (Phi) is 8.12. The maximum absolute atomic E-state index is 12.9. The van der Waals surface area contributed by atoms with Gasteiger partial charge in [0.05, 0.1) is 19.1 Å². The smallest absolute Gasteiger partial charge is 0.239 e. The molecule has 7 nitrogen and oxygen atoms in total. The van der Waals surface area contributed by atoms with Crippen LogP contribution in [-0.2, 0) is 14.3 Å². The van der Waals surface area contributed by atoms with Crippen molar-refractivity contribution in [3.63, 3.8) is 0 Å². The molecule has 2 heterocycles. The fourth-order valence-corrected chi connectivity index (χ4v) is 3.48. The fourth-order valence-electron chi connectivity index (χ4n) is 3.48. The van der Waals surface area contributed by atoms with Crippen LogP contribution in [0.4, 0.5) is 0 Å². The molecule has 0 aliphatic carbocycles. The zero-order valence-corrected chi connectivity index (χ0v) is 16.1. The molecule has 1 atom stereocenters. The third-order valence-electron chi connectivity index (χ3n) is 5.27. The van der Waals surface area contributed by atoms with Crippen molar-refractivity contribution < 1.29 is 14.3 Å². The molecule has 0 N–H and O–H groups in total. The van der Waals surface area contributed by atoms with Gasteiger partial charge in [0.25, 0.3) is 0 Å². The monoisotopic (exact) mass is 354 g/mol. The van der Waals surface area contributed by atoms with E-state index in [1.165, 1.54) is 0 Å². The van der Waals surface area contributed by atoms with Gasteiger partial charge in [-0.2, -0.15) is 0 Å². The van der Waals surface area contributed by atoms with Crippen molar-refractivity contribution in [2.45, 2.75) is 32.7 Å². The van der Waals surface area contributed by atoms with Crippen molar-refractivity contribution in [2.75, 3.05) is 72.6 Å². The van der Waals surface area contributed by atoms with Crippen LogP contribution in [0, 0.1) is 0 Å². The molecule has 2 aliphatic heterocycles. The fraction of sp³-hybridized carbons (Fsp3) is 0.889. The van der Waals surface area contributed by atoms with E-state index in [1.54, 1.807) is 0 Å². The molecular formula is C18H34N4O3. The van der Waals surface area contributed by atoms with E-state index < -0.39 is 0 Å². The summed E-state index contributed by atoms with van der Waals surface area (Å²) >= 11 is 0. The number of nitrogens with zero attached hydrogens (tertiary/aromatic N) is 4. The summed E-state index contributed by atoms with van der Waals surface area (Å²) in [5, 5.41) is 0. The lowest BCUT2D eigenvalue weighted by Crippen LogP contribution is -2.54. The minimum absolute atomic E-state index is 0.0751. The third-order valence-corrected chi connectivity index (χ3v) is 5.27. The average molecular weight is 354 g/mol. The van der Waals surface area contributed by atoms with Crippen LogP contribution in [-0.4, -0.2) is 110 Å². The first-order valence-corrected chi connectivity index (χ1v) is 9.59. The van der Waals surface area contributed by atoms with Crippen LogP contribution in [0.1, 0.15) is 26.7 Å². The van der Waals surface area contributed by atoms with E-state index >= 15 is 0 Å². The van der Waals surface area contributed by atoms with Gasteiger partial charge in [0.2, 0.25) is 11.8 Å². The second-order valence-electron chi connectivity index (χ2n) is 7.02. The standard InChI is InChI=1S/C18H34N4O3/c1-4-25-15-6-17(23)21-7-5-8-22(14-13-21)18(24)16(2)20-11-9-19(3)10-12-20/h16H,4-15H2,1-3H3. The normalized spacial score (nSPS) is 21.9. The first-order chi connectivity index (χ1) is 12.0. The number of ether oxygens (including phenoxy) is 1. The minimum Gasteiger partial charge on any atom is -0.381 e. The van der Waals surface area contributed by atoms with Crippen LogP contribution >= 0.6 is 0 Å². The predicted octanol–water partition coefficient (Wildman–Crippen LogP) is 0.110. The quantitative estimate of drug-likeness (QED) is 0.634. The molecule has 0 bridgehead atoms. The summed E-state index contributed by atoms with van der Waals surface area (Å²) in [6, 6.07) is -0.0751.